The third-order valence-electron chi connectivity index (χ3n) is 1.55. The number of anilines is 1. The van der Waals surface area contributed by atoms with Gasteiger partial charge in [0, 0.05) is 11.4 Å². The summed E-state index contributed by atoms with van der Waals surface area (Å²) in [7, 11) is -0.616. The standard InChI is InChI=1S/C8H10F2NP/c1-12(2)8-4-5(9)7(11)3-6(8)10/h3-4H,11H2,1-2H3. The summed E-state index contributed by atoms with van der Waals surface area (Å²) in [5, 5.41) is 0.428. The molecule has 0 saturated carbocycles. The molecule has 0 fully saturated rings. The SMILES string of the molecule is CP(C)c1cc(F)c(N)cc1F. The second kappa shape index (κ2) is 3.36. The van der Waals surface area contributed by atoms with Crippen LogP contribution in [0.15, 0.2) is 12.1 Å². The Balaban J connectivity index is 3.23. The van der Waals surface area contributed by atoms with E-state index in [0.717, 1.165) is 6.07 Å². The van der Waals surface area contributed by atoms with Crippen LogP contribution in [0.25, 0.3) is 0 Å². The van der Waals surface area contributed by atoms with E-state index in [9.17, 15) is 8.78 Å². The zero-order chi connectivity index (χ0) is 9.30. The van der Waals surface area contributed by atoms with Crippen molar-refractivity contribution in [2.75, 3.05) is 19.1 Å². The Labute approximate surface area is 71.3 Å². The van der Waals surface area contributed by atoms with Crippen LogP contribution in [0.5, 0.6) is 0 Å². The summed E-state index contributed by atoms with van der Waals surface area (Å²) < 4.78 is 25.9. The Hall–Kier alpha value is -0.690. The molecule has 66 valence electrons. The van der Waals surface area contributed by atoms with Crippen molar-refractivity contribution >= 4 is 18.9 Å². The van der Waals surface area contributed by atoms with E-state index in [-0.39, 0.29) is 5.69 Å². The maximum absolute atomic E-state index is 13.1. The Morgan fingerprint density at radius 2 is 1.75 bits per heavy atom. The molecule has 0 spiro atoms. The average Bonchev–Trinajstić information content (AvgIpc) is 1.96. The van der Waals surface area contributed by atoms with Crippen molar-refractivity contribution in [1.82, 2.24) is 0 Å². The number of hydrogen-bond donors (Lipinski definition) is 1. The van der Waals surface area contributed by atoms with Gasteiger partial charge < -0.3 is 5.73 Å². The first-order valence-corrected chi connectivity index (χ1v) is 5.68. The minimum Gasteiger partial charge on any atom is -0.396 e. The highest BCUT2D eigenvalue weighted by Crippen LogP contribution is 2.26. The van der Waals surface area contributed by atoms with E-state index < -0.39 is 19.6 Å². The van der Waals surface area contributed by atoms with Gasteiger partial charge in [0.1, 0.15) is 11.6 Å². The van der Waals surface area contributed by atoms with Gasteiger partial charge in [-0.25, -0.2) is 8.78 Å². The topological polar surface area (TPSA) is 26.0 Å². The average molecular weight is 189 g/mol. The molecule has 1 aromatic rings. The Bertz CT molecular complexity index is 299. The summed E-state index contributed by atoms with van der Waals surface area (Å²) in [6, 6.07) is 2.21. The van der Waals surface area contributed by atoms with Crippen LogP contribution in [0.3, 0.4) is 0 Å². The van der Waals surface area contributed by atoms with Gasteiger partial charge in [-0.1, -0.05) is 7.92 Å². The fourth-order valence-corrected chi connectivity index (χ4v) is 1.76. The lowest BCUT2D eigenvalue weighted by molar-refractivity contribution is 0.611. The normalized spacial score (nSPS) is 10.8. The zero-order valence-corrected chi connectivity index (χ0v) is 7.83. The van der Waals surface area contributed by atoms with Crippen molar-refractivity contribution in [2.24, 2.45) is 0 Å². The number of benzene rings is 1. The molecule has 1 rings (SSSR count). The number of nitrogens with two attached hydrogens (primary N) is 1. The molecule has 0 radical (unpaired) electrons. The van der Waals surface area contributed by atoms with Gasteiger partial charge in [-0.2, -0.15) is 0 Å². The summed E-state index contributed by atoms with van der Waals surface area (Å²) in [6.45, 7) is 3.73. The fraction of sp³-hybridized carbons (Fsp3) is 0.250. The van der Waals surface area contributed by atoms with Crippen molar-refractivity contribution in [3.05, 3.63) is 23.8 Å². The van der Waals surface area contributed by atoms with E-state index >= 15 is 0 Å². The van der Waals surface area contributed by atoms with E-state index in [4.69, 9.17) is 5.73 Å². The number of rotatable bonds is 1. The predicted molar refractivity (Wildman–Crippen MR) is 49.2 cm³/mol. The van der Waals surface area contributed by atoms with Gasteiger partial charge in [-0.3, -0.25) is 0 Å². The summed E-state index contributed by atoms with van der Waals surface area (Å²) in [4.78, 5) is 0. The third-order valence-corrected chi connectivity index (χ3v) is 2.85. The van der Waals surface area contributed by atoms with Crippen molar-refractivity contribution in [3.8, 4) is 0 Å². The highest BCUT2D eigenvalue weighted by atomic mass is 31.1. The molecule has 2 N–H and O–H groups in total. The van der Waals surface area contributed by atoms with Crippen LogP contribution in [-0.2, 0) is 0 Å². The highest BCUT2D eigenvalue weighted by Gasteiger charge is 2.09. The smallest absolute Gasteiger partial charge is 0.146 e. The Morgan fingerprint density at radius 3 is 2.25 bits per heavy atom. The first-order valence-electron chi connectivity index (χ1n) is 3.44. The maximum atomic E-state index is 13.1. The van der Waals surface area contributed by atoms with Crippen LogP contribution in [0, 0.1) is 11.6 Å². The summed E-state index contributed by atoms with van der Waals surface area (Å²) in [5.41, 5.74) is 5.05. The predicted octanol–water partition coefficient (Wildman–Crippen LogP) is 1.91. The van der Waals surface area contributed by atoms with Crippen LogP contribution < -0.4 is 11.0 Å². The third kappa shape index (κ3) is 1.72. The molecule has 1 nitrogen and oxygen atoms in total. The summed E-state index contributed by atoms with van der Waals surface area (Å²) >= 11 is 0. The minimum atomic E-state index is -0.616. The van der Waals surface area contributed by atoms with Crippen LogP contribution in [-0.4, -0.2) is 13.3 Å². The molecular weight excluding hydrogens is 179 g/mol. The molecule has 12 heavy (non-hydrogen) atoms. The Morgan fingerprint density at radius 1 is 1.17 bits per heavy atom. The van der Waals surface area contributed by atoms with Crippen molar-refractivity contribution in [1.29, 1.82) is 0 Å². The van der Waals surface area contributed by atoms with Crippen LogP contribution in [0.4, 0.5) is 14.5 Å². The fourth-order valence-electron chi connectivity index (χ4n) is 0.894. The summed E-state index contributed by atoms with van der Waals surface area (Å²) in [6.07, 6.45) is 0. The molecule has 0 saturated heterocycles. The molecule has 0 aliphatic heterocycles. The second-order valence-electron chi connectivity index (χ2n) is 2.72. The molecule has 0 amide bonds. The van der Waals surface area contributed by atoms with Gasteiger partial charge in [-0.05, 0) is 19.4 Å². The molecule has 0 atom stereocenters. The van der Waals surface area contributed by atoms with Crippen molar-refractivity contribution < 1.29 is 8.78 Å². The Kier molecular flexibility index (Phi) is 2.63. The lowest BCUT2D eigenvalue weighted by Gasteiger charge is -2.08. The van der Waals surface area contributed by atoms with Crippen LogP contribution >= 0.6 is 7.92 Å². The quantitative estimate of drug-likeness (QED) is 0.530. The van der Waals surface area contributed by atoms with E-state index in [0.29, 0.717) is 5.30 Å². The van der Waals surface area contributed by atoms with Gasteiger partial charge in [0.25, 0.3) is 0 Å². The van der Waals surface area contributed by atoms with E-state index in [1.807, 2.05) is 13.3 Å². The highest BCUT2D eigenvalue weighted by molar-refractivity contribution is 7.64. The number of halogens is 2. The van der Waals surface area contributed by atoms with Crippen molar-refractivity contribution in [2.45, 2.75) is 0 Å². The first kappa shape index (κ1) is 9.40. The number of hydrogen-bond acceptors (Lipinski definition) is 1. The second-order valence-corrected chi connectivity index (χ2v) is 4.99. The lowest BCUT2D eigenvalue weighted by Crippen LogP contribution is -2.08. The first-order chi connectivity index (χ1) is 5.52. The largest absolute Gasteiger partial charge is 0.396 e. The summed E-state index contributed by atoms with van der Waals surface area (Å²) in [5.74, 6) is -0.951. The molecule has 0 aliphatic carbocycles. The zero-order valence-electron chi connectivity index (χ0n) is 6.94. The van der Waals surface area contributed by atoms with Crippen LogP contribution in [0.1, 0.15) is 0 Å². The minimum absolute atomic E-state index is 0.131. The molecule has 4 heteroatoms. The van der Waals surface area contributed by atoms with Gasteiger partial charge in [0.15, 0.2) is 0 Å². The monoisotopic (exact) mass is 189 g/mol. The van der Waals surface area contributed by atoms with E-state index in [2.05, 4.69) is 0 Å². The molecular formula is C8H10F2NP. The van der Waals surface area contributed by atoms with E-state index in [1.54, 1.807) is 0 Å². The molecule has 0 heterocycles. The van der Waals surface area contributed by atoms with Crippen molar-refractivity contribution in [3.63, 3.8) is 0 Å². The van der Waals surface area contributed by atoms with Gasteiger partial charge in [-0.15, -0.1) is 0 Å². The van der Waals surface area contributed by atoms with E-state index in [1.165, 1.54) is 6.07 Å². The molecule has 0 aliphatic rings. The molecule has 0 aromatic heterocycles. The van der Waals surface area contributed by atoms with Gasteiger partial charge in [0.2, 0.25) is 0 Å². The van der Waals surface area contributed by atoms with Gasteiger partial charge in [0.05, 0.1) is 5.69 Å². The van der Waals surface area contributed by atoms with Crippen LogP contribution in [0.2, 0.25) is 0 Å². The number of nitrogen functional groups attached to an aromatic ring is 1. The van der Waals surface area contributed by atoms with Gasteiger partial charge >= 0.3 is 0 Å². The molecule has 0 bridgehead atoms. The lowest BCUT2D eigenvalue weighted by atomic mass is 10.3. The molecule has 1 aromatic carbocycles. The molecule has 0 unspecified atom stereocenters. The maximum Gasteiger partial charge on any atom is 0.146 e.